The van der Waals surface area contributed by atoms with E-state index >= 15 is 0 Å². The molecule has 0 radical (unpaired) electrons. The molecular formula is C17H19N. The van der Waals surface area contributed by atoms with E-state index in [0.29, 0.717) is 0 Å². The van der Waals surface area contributed by atoms with Crippen molar-refractivity contribution in [2.75, 3.05) is 6.54 Å². The highest BCUT2D eigenvalue weighted by molar-refractivity contribution is 6.06. The van der Waals surface area contributed by atoms with Gasteiger partial charge >= 0.3 is 0 Å². The second kappa shape index (κ2) is 4.24. The Morgan fingerprint density at radius 2 is 1.78 bits per heavy atom. The Morgan fingerprint density at radius 3 is 2.56 bits per heavy atom. The first-order valence-electron chi connectivity index (χ1n) is 6.71. The molecule has 1 aliphatic rings. The van der Waals surface area contributed by atoms with Crippen molar-refractivity contribution in [3.63, 3.8) is 0 Å². The number of hydrogen-bond acceptors (Lipinski definition) is 1. The molecule has 1 heterocycles. The summed E-state index contributed by atoms with van der Waals surface area (Å²) in [6.45, 7) is 5.59. The van der Waals surface area contributed by atoms with Gasteiger partial charge in [-0.25, -0.2) is 0 Å². The Hall–Kier alpha value is -1.63. The van der Waals surface area contributed by atoms with Crippen LogP contribution in [0.2, 0.25) is 0 Å². The quantitative estimate of drug-likeness (QED) is 0.695. The zero-order valence-corrected chi connectivity index (χ0v) is 11.1. The summed E-state index contributed by atoms with van der Waals surface area (Å²) in [7, 11) is 0. The molecule has 1 heteroatoms. The molecule has 0 atom stereocenters. The lowest BCUT2D eigenvalue weighted by Gasteiger charge is -2.30. The van der Waals surface area contributed by atoms with E-state index in [1.807, 2.05) is 0 Å². The predicted molar refractivity (Wildman–Crippen MR) is 78.4 cm³/mol. The minimum absolute atomic E-state index is 0.209. The second-order valence-electron chi connectivity index (χ2n) is 5.78. The van der Waals surface area contributed by atoms with Crippen molar-refractivity contribution in [3.05, 3.63) is 48.0 Å². The van der Waals surface area contributed by atoms with Gasteiger partial charge in [-0.15, -0.1) is 0 Å². The molecule has 1 aliphatic heterocycles. The molecule has 18 heavy (non-hydrogen) atoms. The summed E-state index contributed by atoms with van der Waals surface area (Å²) in [4.78, 5) is 4.78. The van der Waals surface area contributed by atoms with E-state index in [1.165, 1.54) is 34.9 Å². The van der Waals surface area contributed by atoms with Gasteiger partial charge < -0.3 is 0 Å². The first-order valence-corrected chi connectivity index (χ1v) is 6.71. The molecule has 0 fully saturated rings. The SMILES string of the molecule is CC1(C)CCCN=C1c1ccc2ccccc2c1. The van der Waals surface area contributed by atoms with E-state index in [2.05, 4.69) is 56.3 Å². The zero-order chi connectivity index (χ0) is 12.6. The maximum absolute atomic E-state index is 4.78. The van der Waals surface area contributed by atoms with E-state index < -0.39 is 0 Å². The molecule has 0 unspecified atom stereocenters. The van der Waals surface area contributed by atoms with Crippen LogP contribution < -0.4 is 0 Å². The molecule has 2 aromatic rings. The van der Waals surface area contributed by atoms with Crippen LogP contribution >= 0.6 is 0 Å². The summed E-state index contributed by atoms with van der Waals surface area (Å²) >= 11 is 0. The molecule has 0 bridgehead atoms. The third kappa shape index (κ3) is 1.94. The lowest BCUT2D eigenvalue weighted by atomic mass is 9.77. The van der Waals surface area contributed by atoms with Gasteiger partial charge in [0.2, 0.25) is 0 Å². The summed E-state index contributed by atoms with van der Waals surface area (Å²) < 4.78 is 0. The fraction of sp³-hybridized carbons (Fsp3) is 0.353. The Balaban J connectivity index is 2.11. The smallest absolute Gasteiger partial charge is 0.0476 e. The first kappa shape index (κ1) is 11.5. The largest absolute Gasteiger partial charge is 0.289 e. The number of fused-ring (bicyclic) bond motifs is 1. The van der Waals surface area contributed by atoms with Crippen LogP contribution in [0.1, 0.15) is 32.3 Å². The van der Waals surface area contributed by atoms with E-state index in [0.717, 1.165) is 6.54 Å². The molecule has 0 aliphatic carbocycles. The van der Waals surface area contributed by atoms with Crippen molar-refractivity contribution in [2.45, 2.75) is 26.7 Å². The molecule has 0 aromatic heterocycles. The molecule has 0 N–H and O–H groups in total. The predicted octanol–water partition coefficient (Wildman–Crippen LogP) is 4.45. The highest BCUT2D eigenvalue weighted by Gasteiger charge is 2.28. The van der Waals surface area contributed by atoms with Crippen molar-refractivity contribution >= 4 is 16.5 Å². The molecule has 92 valence electrons. The second-order valence-corrected chi connectivity index (χ2v) is 5.78. The molecule has 0 amide bonds. The number of rotatable bonds is 1. The van der Waals surface area contributed by atoms with Gasteiger partial charge in [-0.2, -0.15) is 0 Å². The van der Waals surface area contributed by atoms with E-state index in [9.17, 15) is 0 Å². The van der Waals surface area contributed by atoms with Crippen LogP contribution in [-0.2, 0) is 0 Å². The van der Waals surface area contributed by atoms with Crippen LogP contribution in [0.4, 0.5) is 0 Å². The number of hydrogen-bond donors (Lipinski definition) is 0. The average molecular weight is 237 g/mol. The van der Waals surface area contributed by atoms with Gasteiger partial charge in [-0.3, -0.25) is 4.99 Å². The van der Waals surface area contributed by atoms with Crippen molar-refractivity contribution in [3.8, 4) is 0 Å². The zero-order valence-electron chi connectivity index (χ0n) is 11.1. The molecule has 0 saturated heterocycles. The lowest BCUT2D eigenvalue weighted by Crippen LogP contribution is -2.29. The van der Waals surface area contributed by atoms with Crippen LogP contribution in [0.3, 0.4) is 0 Å². The Morgan fingerprint density at radius 1 is 1.00 bits per heavy atom. The standard InChI is InChI=1S/C17H19N/c1-17(2)10-5-11-18-16(17)15-9-8-13-6-3-4-7-14(13)12-15/h3-4,6-9,12H,5,10-11H2,1-2H3. The van der Waals surface area contributed by atoms with E-state index in [-0.39, 0.29) is 5.41 Å². The van der Waals surface area contributed by atoms with Crippen LogP contribution in [-0.4, -0.2) is 12.3 Å². The number of benzene rings is 2. The number of aliphatic imine (C=N–C) groups is 1. The third-order valence-corrected chi connectivity index (χ3v) is 3.89. The van der Waals surface area contributed by atoms with E-state index in [1.54, 1.807) is 0 Å². The lowest BCUT2D eigenvalue weighted by molar-refractivity contribution is 0.440. The summed E-state index contributed by atoms with van der Waals surface area (Å²) in [5.41, 5.74) is 2.78. The van der Waals surface area contributed by atoms with Crippen molar-refractivity contribution < 1.29 is 0 Å². The molecule has 2 aromatic carbocycles. The van der Waals surface area contributed by atoms with Crippen LogP contribution in [0.5, 0.6) is 0 Å². The topological polar surface area (TPSA) is 12.4 Å². The van der Waals surface area contributed by atoms with Gasteiger partial charge in [0.15, 0.2) is 0 Å². The number of nitrogens with zero attached hydrogens (tertiary/aromatic N) is 1. The third-order valence-electron chi connectivity index (χ3n) is 3.89. The Kier molecular flexibility index (Phi) is 2.70. The van der Waals surface area contributed by atoms with Crippen LogP contribution in [0, 0.1) is 5.41 Å². The van der Waals surface area contributed by atoms with E-state index in [4.69, 9.17) is 4.99 Å². The Labute approximate surface area is 109 Å². The van der Waals surface area contributed by atoms with Crippen LogP contribution in [0.15, 0.2) is 47.5 Å². The van der Waals surface area contributed by atoms with Crippen molar-refractivity contribution in [1.29, 1.82) is 0 Å². The maximum Gasteiger partial charge on any atom is 0.0476 e. The molecule has 1 nitrogen and oxygen atoms in total. The molecule has 0 spiro atoms. The molecule has 3 rings (SSSR count). The van der Waals surface area contributed by atoms with Gasteiger partial charge in [0.05, 0.1) is 0 Å². The summed E-state index contributed by atoms with van der Waals surface area (Å²) in [5.74, 6) is 0. The fourth-order valence-corrected chi connectivity index (χ4v) is 2.86. The van der Waals surface area contributed by atoms with Crippen molar-refractivity contribution in [1.82, 2.24) is 0 Å². The summed E-state index contributed by atoms with van der Waals surface area (Å²) in [5, 5.41) is 2.61. The van der Waals surface area contributed by atoms with Crippen molar-refractivity contribution in [2.24, 2.45) is 10.4 Å². The Bertz CT molecular complexity index is 608. The van der Waals surface area contributed by atoms with Gasteiger partial charge in [0.25, 0.3) is 0 Å². The van der Waals surface area contributed by atoms with Gasteiger partial charge in [0, 0.05) is 17.7 Å². The minimum Gasteiger partial charge on any atom is -0.289 e. The monoisotopic (exact) mass is 237 g/mol. The highest BCUT2D eigenvalue weighted by atomic mass is 14.8. The van der Waals surface area contributed by atoms with Gasteiger partial charge in [-0.05, 0) is 35.2 Å². The molecular weight excluding hydrogens is 218 g/mol. The minimum atomic E-state index is 0.209. The molecule has 0 saturated carbocycles. The highest BCUT2D eigenvalue weighted by Crippen LogP contribution is 2.32. The van der Waals surface area contributed by atoms with Gasteiger partial charge in [0.1, 0.15) is 0 Å². The fourth-order valence-electron chi connectivity index (χ4n) is 2.86. The summed E-state index contributed by atoms with van der Waals surface area (Å²) in [6, 6.07) is 15.2. The summed E-state index contributed by atoms with van der Waals surface area (Å²) in [6.07, 6.45) is 2.45. The van der Waals surface area contributed by atoms with Gasteiger partial charge in [-0.1, -0.05) is 50.2 Å². The van der Waals surface area contributed by atoms with Crippen LogP contribution in [0.25, 0.3) is 10.8 Å². The maximum atomic E-state index is 4.78. The first-order chi connectivity index (χ1) is 8.67. The normalized spacial score (nSPS) is 18.7. The average Bonchev–Trinajstić information content (AvgIpc) is 2.38.